The van der Waals surface area contributed by atoms with Crippen LogP contribution in [0.1, 0.15) is 25.8 Å². The molecule has 5 heteroatoms. The van der Waals surface area contributed by atoms with Gasteiger partial charge >= 0.3 is 0 Å². The van der Waals surface area contributed by atoms with Crippen LogP contribution in [0.4, 0.5) is 0 Å². The fourth-order valence-electron chi connectivity index (χ4n) is 2.19. The molecule has 0 fully saturated rings. The molecular weight excluding hydrogens is 318 g/mol. The van der Waals surface area contributed by atoms with Crippen molar-refractivity contribution in [3.63, 3.8) is 0 Å². The van der Waals surface area contributed by atoms with Gasteiger partial charge in [0.25, 0.3) is 0 Å². The van der Waals surface area contributed by atoms with Gasteiger partial charge in [-0.05, 0) is 43.2 Å². The molecule has 0 bridgehead atoms. The molecule has 2 rings (SSSR count). The Balaban J connectivity index is 2.37. The van der Waals surface area contributed by atoms with Crippen LogP contribution in [0.3, 0.4) is 0 Å². The standard InChI is InChI=1S/C17H20ClNO2S/c1-3-14(2)19(13-15-7-5-4-6-8-15)22(20,21)17-11-9-16(18)10-12-17/h4-12,14H,3,13H2,1-2H3/t14-/m1/s1. The number of sulfonamides is 1. The van der Waals surface area contributed by atoms with E-state index in [1.54, 1.807) is 28.6 Å². The Bertz CT molecular complexity index is 699. The van der Waals surface area contributed by atoms with Gasteiger partial charge in [-0.2, -0.15) is 4.31 Å². The van der Waals surface area contributed by atoms with Crippen molar-refractivity contribution in [2.24, 2.45) is 0 Å². The molecule has 0 aromatic heterocycles. The summed E-state index contributed by atoms with van der Waals surface area (Å²) in [5.41, 5.74) is 0.973. The second kappa shape index (κ2) is 7.27. The number of halogens is 1. The average molecular weight is 338 g/mol. The molecule has 0 radical (unpaired) electrons. The second-order valence-electron chi connectivity index (χ2n) is 5.25. The lowest BCUT2D eigenvalue weighted by molar-refractivity contribution is 0.323. The van der Waals surface area contributed by atoms with E-state index >= 15 is 0 Å². The Labute approximate surface area is 137 Å². The van der Waals surface area contributed by atoms with E-state index in [4.69, 9.17) is 11.6 Å². The summed E-state index contributed by atoms with van der Waals surface area (Å²) in [6.07, 6.45) is 0.750. The molecule has 0 aliphatic heterocycles. The number of benzene rings is 2. The summed E-state index contributed by atoms with van der Waals surface area (Å²) < 4.78 is 27.4. The first-order valence-corrected chi connectivity index (χ1v) is 9.08. The van der Waals surface area contributed by atoms with Crippen LogP contribution in [0.15, 0.2) is 59.5 Å². The normalized spacial score (nSPS) is 13.3. The predicted molar refractivity (Wildman–Crippen MR) is 90.4 cm³/mol. The highest BCUT2D eigenvalue weighted by Crippen LogP contribution is 2.23. The van der Waals surface area contributed by atoms with Gasteiger partial charge in [-0.15, -0.1) is 0 Å². The van der Waals surface area contributed by atoms with Gasteiger partial charge in [0.1, 0.15) is 0 Å². The van der Waals surface area contributed by atoms with Crippen LogP contribution in [0, 0.1) is 0 Å². The van der Waals surface area contributed by atoms with Crippen LogP contribution in [0.2, 0.25) is 5.02 Å². The van der Waals surface area contributed by atoms with Crippen molar-refractivity contribution in [2.45, 2.75) is 37.8 Å². The summed E-state index contributed by atoms with van der Waals surface area (Å²) in [6, 6.07) is 15.9. The second-order valence-corrected chi connectivity index (χ2v) is 7.57. The van der Waals surface area contributed by atoms with Crippen molar-refractivity contribution < 1.29 is 8.42 Å². The van der Waals surface area contributed by atoms with Crippen molar-refractivity contribution in [3.8, 4) is 0 Å². The first-order valence-electron chi connectivity index (χ1n) is 7.26. The molecule has 0 unspecified atom stereocenters. The maximum atomic E-state index is 12.9. The van der Waals surface area contributed by atoms with Crippen LogP contribution in [-0.4, -0.2) is 18.8 Å². The van der Waals surface area contributed by atoms with E-state index in [2.05, 4.69) is 0 Å². The molecule has 3 nitrogen and oxygen atoms in total. The molecule has 0 amide bonds. The van der Waals surface area contributed by atoms with E-state index < -0.39 is 10.0 Å². The summed E-state index contributed by atoms with van der Waals surface area (Å²) in [7, 11) is -3.55. The van der Waals surface area contributed by atoms with Crippen LogP contribution in [0.5, 0.6) is 0 Å². The first-order chi connectivity index (χ1) is 10.4. The number of nitrogens with zero attached hydrogens (tertiary/aromatic N) is 1. The van der Waals surface area contributed by atoms with E-state index in [9.17, 15) is 8.42 Å². The number of hydrogen-bond donors (Lipinski definition) is 0. The molecular formula is C17H20ClNO2S. The van der Waals surface area contributed by atoms with Crippen LogP contribution in [0.25, 0.3) is 0 Å². The Morgan fingerprint density at radius 2 is 1.64 bits per heavy atom. The average Bonchev–Trinajstić information content (AvgIpc) is 2.53. The molecule has 2 aromatic rings. The Hall–Kier alpha value is -1.36. The SMILES string of the molecule is CC[C@@H](C)N(Cc1ccccc1)S(=O)(=O)c1ccc(Cl)cc1. The Kier molecular flexibility index (Phi) is 5.62. The van der Waals surface area contributed by atoms with Crippen LogP contribution < -0.4 is 0 Å². The van der Waals surface area contributed by atoms with Gasteiger partial charge in [-0.3, -0.25) is 0 Å². The molecule has 0 saturated heterocycles. The van der Waals surface area contributed by atoms with Gasteiger partial charge in [0, 0.05) is 17.6 Å². The van der Waals surface area contributed by atoms with Gasteiger partial charge < -0.3 is 0 Å². The highest BCUT2D eigenvalue weighted by Gasteiger charge is 2.28. The smallest absolute Gasteiger partial charge is 0.207 e. The Morgan fingerprint density at radius 3 is 2.18 bits per heavy atom. The fraction of sp³-hybridized carbons (Fsp3) is 0.294. The fourth-order valence-corrected chi connectivity index (χ4v) is 4.01. The highest BCUT2D eigenvalue weighted by molar-refractivity contribution is 7.89. The molecule has 118 valence electrons. The van der Waals surface area contributed by atoms with E-state index in [-0.39, 0.29) is 10.9 Å². The molecule has 0 spiro atoms. The molecule has 0 N–H and O–H groups in total. The summed E-state index contributed by atoms with van der Waals surface area (Å²) in [5.74, 6) is 0. The van der Waals surface area contributed by atoms with Crippen molar-refractivity contribution in [3.05, 3.63) is 65.2 Å². The van der Waals surface area contributed by atoms with Crippen molar-refractivity contribution in [1.82, 2.24) is 4.31 Å². The van der Waals surface area contributed by atoms with E-state index in [1.165, 1.54) is 0 Å². The minimum atomic E-state index is -3.55. The van der Waals surface area contributed by atoms with Crippen molar-refractivity contribution in [1.29, 1.82) is 0 Å². The van der Waals surface area contributed by atoms with Gasteiger partial charge in [-0.1, -0.05) is 48.9 Å². The summed E-state index contributed by atoms with van der Waals surface area (Å²) in [5, 5.41) is 0.525. The zero-order valence-corrected chi connectivity index (χ0v) is 14.3. The minimum absolute atomic E-state index is 0.0825. The number of rotatable bonds is 6. The van der Waals surface area contributed by atoms with E-state index in [1.807, 2.05) is 44.2 Å². The first kappa shape index (κ1) is 17.0. The van der Waals surface area contributed by atoms with E-state index in [0.717, 1.165) is 12.0 Å². The van der Waals surface area contributed by atoms with Crippen molar-refractivity contribution in [2.75, 3.05) is 0 Å². The third-order valence-corrected chi connectivity index (χ3v) is 5.91. The summed E-state index contributed by atoms with van der Waals surface area (Å²) in [6.45, 7) is 4.28. The lowest BCUT2D eigenvalue weighted by Gasteiger charge is -2.28. The predicted octanol–water partition coefficient (Wildman–Crippen LogP) is 4.33. The highest BCUT2D eigenvalue weighted by atomic mass is 35.5. The molecule has 2 aromatic carbocycles. The van der Waals surface area contributed by atoms with Gasteiger partial charge in [-0.25, -0.2) is 8.42 Å². The lowest BCUT2D eigenvalue weighted by atomic mass is 10.2. The quantitative estimate of drug-likeness (QED) is 0.786. The zero-order chi connectivity index (χ0) is 16.2. The van der Waals surface area contributed by atoms with Crippen LogP contribution >= 0.6 is 11.6 Å². The molecule has 0 aliphatic rings. The number of hydrogen-bond acceptors (Lipinski definition) is 2. The Morgan fingerprint density at radius 1 is 1.05 bits per heavy atom. The van der Waals surface area contributed by atoms with Gasteiger partial charge in [0.05, 0.1) is 4.90 Å². The van der Waals surface area contributed by atoms with Gasteiger partial charge in [0.2, 0.25) is 10.0 Å². The minimum Gasteiger partial charge on any atom is -0.207 e. The maximum Gasteiger partial charge on any atom is 0.243 e. The summed E-state index contributed by atoms with van der Waals surface area (Å²) in [4.78, 5) is 0.271. The molecule has 0 saturated carbocycles. The lowest BCUT2D eigenvalue weighted by Crippen LogP contribution is -2.37. The van der Waals surface area contributed by atoms with Crippen LogP contribution in [-0.2, 0) is 16.6 Å². The molecule has 0 aliphatic carbocycles. The summed E-state index contributed by atoms with van der Waals surface area (Å²) >= 11 is 5.85. The molecule has 0 heterocycles. The van der Waals surface area contributed by atoms with E-state index in [0.29, 0.717) is 11.6 Å². The molecule has 1 atom stereocenters. The van der Waals surface area contributed by atoms with Gasteiger partial charge in [0.15, 0.2) is 0 Å². The maximum absolute atomic E-state index is 12.9. The van der Waals surface area contributed by atoms with Crippen molar-refractivity contribution >= 4 is 21.6 Å². The third kappa shape index (κ3) is 3.88. The third-order valence-electron chi connectivity index (χ3n) is 3.68. The monoisotopic (exact) mass is 337 g/mol. The topological polar surface area (TPSA) is 37.4 Å². The molecule has 22 heavy (non-hydrogen) atoms. The largest absolute Gasteiger partial charge is 0.243 e. The zero-order valence-electron chi connectivity index (χ0n) is 12.7.